The molecule has 3 aliphatic rings. The number of carbonyl (C=O) groups excluding carboxylic acids is 1. The fourth-order valence-corrected chi connectivity index (χ4v) is 5.31. The molecule has 0 aromatic carbocycles. The molecule has 4 rings (SSSR count). The van der Waals surface area contributed by atoms with Gasteiger partial charge in [0.1, 0.15) is 0 Å². The Labute approximate surface area is 153 Å². The number of likely N-dealkylation sites (tertiary alicyclic amines) is 1. The molecule has 1 spiro atoms. The molecule has 3 aliphatic heterocycles. The summed E-state index contributed by atoms with van der Waals surface area (Å²) in [6, 6.07) is 0. The van der Waals surface area contributed by atoms with Crippen LogP contribution < -0.4 is 10.0 Å². The Morgan fingerprint density at radius 3 is 3.00 bits per heavy atom. The Morgan fingerprint density at radius 1 is 1.50 bits per heavy atom. The molecule has 3 saturated heterocycles. The van der Waals surface area contributed by atoms with Gasteiger partial charge in [-0.2, -0.15) is 5.10 Å². The highest BCUT2D eigenvalue weighted by Crippen LogP contribution is 2.54. The van der Waals surface area contributed by atoms with Crippen molar-refractivity contribution in [2.45, 2.75) is 24.5 Å². The van der Waals surface area contributed by atoms with Gasteiger partial charge in [0.15, 0.2) is 0 Å². The van der Waals surface area contributed by atoms with Gasteiger partial charge in [-0.15, -0.1) is 0 Å². The van der Waals surface area contributed by atoms with Crippen molar-refractivity contribution in [3.8, 4) is 0 Å². The van der Waals surface area contributed by atoms with E-state index >= 15 is 0 Å². The van der Waals surface area contributed by atoms with Crippen LogP contribution in [0.3, 0.4) is 0 Å². The molecule has 4 heterocycles. The summed E-state index contributed by atoms with van der Waals surface area (Å²) in [4.78, 5) is 14.4. The summed E-state index contributed by atoms with van der Waals surface area (Å²) in [7, 11) is -1.42. The first-order chi connectivity index (χ1) is 12.2. The molecule has 144 valence electrons. The molecule has 26 heavy (non-hydrogen) atoms. The van der Waals surface area contributed by atoms with E-state index in [4.69, 9.17) is 4.74 Å². The van der Waals surface area contributed by atoms with Crippen LogP contribution in [0.15, 0.2) is 12.4 Å². The second-order valence-corrected chi connectivity index (χ2v) is 9.60. The lowest BCUT2D eigenvalue weighted by atomic mass is 9.74. The first-order valence-electron chi connectivity index (χ1n) is 8.87. The summed E-state index contributed by atoms with van der Waals surface area (Å²) in [6.45, 7) is 2.19. The maximum Gasteiger partial charge on any atom is 0.238 e. The summed E-state index contributed by atoms with van der Waals surface area (Å²) >= 11 is 0. The summed E-state index contributed by atoms with van der Waals surface area (Å²) in [5, 5.41) is 6.90. The Balaban J connectivity index is 1.37. The molecule has 0 aliphatic carbocycles. The molecule has 0 unspecified atom stereocenters. The van der Waals surface area contributed by atoms with Crippen LogP contribution in [-0.2, 0) is 26.6 Å². The van der Waals surface area contributed by atoms with E-state index in [1.165, 1.54) is 6.26 Å². The number of hydrogen-bond donors (Lipinski definition) is 2. The third kappa shape index (κ3) is 3.38. The Morgan fingerprint density at radius 2 is 2.31 bits per heavy atom. The SMILES string of the molecule is Cn1cc(NC(=O)CN2C[C@@H]3[C@H](CNS(C)(=O)=O)[C@H]4CC[C@]3(C2)O4)cn1. The van der Waals surface area contributed by atoms with Gasteiger partial charge < -0.3 is 10.1 Å². The Kier molecular flexibility index (Phi) is 4.33. The maximum atomic E-state index is 12.3. The number of aryl methyl sites for hydroxylation is 1. The number of sulfonamides is 1. The summed E-state index contributed by atoms with van der Waals surface area (Å²) in [5.41, 5.74) is 0.464. The number of rotatable bonds is 6. The van der Waals surface area contributed by atoms with E-state index < -0.39 is 10.0 Å². The average molecular weight is 383 g/mol. The van der Waals surface area contributed by atoms with Crippen LogP contribution in [0.5, 0.6) is 0 Å². The molecule has 2 N–H and O–H groups in total. The van der Waals surface area contributed by atoms with Crippen molar-refractivity contribution in [2.75, 3.05) is 37.8 Å². The van der Waals surface area contributed by atoms with E-state index in [0.29, 0.717) is 18.8 Å². The van der Waals surface area contributed by atoms with Gasteiger partial charge in [-0.05, 0) is 12.8 Å². The van der Waals surface area contributed by atoms with Crippen molar-refractivity contribution in [2.24, 2.45) is 18.9 Å². The van der Waals surface area contributed by atoms with E-state index in [1.807, 2.05) is 0 Å². The van der Waals surface area contributed by atoms with Gasteiger partial charge in [-0.1, -0.05) is 0 Å². The first-order valence-corrected chi connectivity index (χ1v) is 10.8. The zero-order valence-corrected chi connectivity index (χ0v) is 15.8. The summed E-state index contributed by atoms with van der Waals surface area (Å²) < 4.78 is 33.4. The zero-order chi connectivity index (χ0) is 18.5. The van der Waals surface area contributed by atoms with Gasteiger partial charge >= 0.3 is 0 Å². The molecule has 1 aromatic heterocycles. The van der Waals surface area contributed by atoms with Crippen molar-refractivity contribution in [3.63, 3.8) is 0 Å². The lowest BCUT2D eigenvalue weighted by Gasteiger charge is -2.29. The molecular weight excluding hydrogens is 358 g/mol. The van der Waals surface area contributed by atoms with Crippen molar-refractivity contribution in [1.29, 1.82) is 0 Å². The number of anilines is 1. The van der Waals surface area contributed by atoms with E-state index in [2.05, 4.69) is 20.0 Å². The lowest BCUT2D eigenvalue weighted by Crippen LogP contribution is -2.41. The Hall–Kier alpha value is -1.49. The van der Waals surface area contributed by atoms with Crippen molar-refractivity contribution in [1.82, 2.24) is 19.4 Å². The van der Waals surface area contributed by atoms with E-state index in [0.717, 1.165) is 25.9 Å². The normalized spacial score (nSPS) is 33.5. The number of ether oxygens (including phenoxy) is 1. The van der Waals surface area contributed by atoms with Crippen LogP contribution in [0, 0.1) is 11.8 Å². The van der Waals surface area contributed by atoms with Gasteiger partial charge in [0.25, 0.3) is 0 Å². The lowest BCUT2D eigenvalue weighted by molar-refractivity contribution is -0.117. The molecule has 10 heteroatoms. The standard InChI is InChI=1S/C16H25N5O4S/c1-20-7-11(5-17-20)19-15(22)9-21-8-13-12(6-18-26(2,23)24)14-3-4-16(13,10-21)25-14/h5,7,12-14,18H,3-4,6,8-10H2,1-2H3,(H,19,22)/t12-,13+,14+,16+/m0/s1. The molecule has 1 amide bonds. The summed E-state index contributed by atoms with van der Waals surface area (Å²) in [5.74, 6) is 0.362. The molecule has 9 nitrogen and oxygen atoms in total. The fraction of sp³-hybridized carbons (Fsp3) is 0.750. The molecular formula is C16H25N5O4S. The third-order valence-corrected chi connectivity index (χ3v) is 6.48. The predicted molar refractivity (Wildman–Crippen MR) is 94.9 cm³/mol. The highest BCUT2D eigenvalue weighted by atomic mass is 32.2. The van der Waals surface area contributed by atoms with Crippen LogP contribution in [-0.4, -0.2) is 73.1 Å². The van der Waals surface area contributed by atoms with Gasteiger partial charge in [0.05, 0.1) is 36.4 Å². The molecule has 0 saturated carbocycles. The van der Waals surface area contributed by atoms with E-state index in [-0.39, 0.29) is 29.4 Å². The van der Waals surface area contributed by atoms with Gasteiger partial charge in [-0.25, -0.2) is 13.1 Å². The minimum Gasteiger partial charge on any atom is -0.370 e. The average Bonchev–Trinajstić information content (AvgIpc) is 3.24. The number of amides is 1. The topological polar surface area (TPSA) is 106 Å². The maximum absolute atomic E-state index is 12.3. The number of nitrogens with one attached hydrogen (secondary N) is 2. The Bertz CT molecular complexity index is 809. The van der Waals surface area contributed by atoms with E-state index in [1.54, 1.807) is 24.1 Å². The largest absolute Gasteiger partial charge is 0.370 e. The number of carbonyl (C=O) groups is 1. The van der Waals surface area contributed by atoms with Crippen LogP contribution in [0.2, 0.25) is 0 Å². The first kappa shape index (κ1) is 17.9. The van der Waals surface area contributed by atoms with Gasteiger partial charge in [-0.3, -0.25) is 14.4 Å². The van der Waals surface area contributed by atoms with Crippen LogP contribution in [0.25, 0.3) is 0 Å². The number of aromatic nitrogens is 2. The van der Waals surface area contributed by atoms with Crippen molar-refractivity contribution < 1.29 is 17.9 Å². The van der Waals surface area contributed by atoms with Crippen molar-refractivity contribution in [3.05, 3.63) is 12.4 Å². The van der Waals surface area contributed by atoms with Gasteiger partial charge in [0, 0.05) is 44.7 Å². The number of fused-ring (bicyclic) bond motifs is 1. The third-order valence-electron chi connectivity index (χ3n) is 5.79. The van der Waals surface area contributed by atoms with Crippen LogP contribution in [0.4, 0.5) is 5.69 Å². The van der Waals surface area contributed by atoms with Gasteiger partial charge in [0.2, 0.25) is 15.9 Å². The highest BCUT2D eigenvalue weighted by Gasteiger charge is 2.62. The monoisotopic (exact) mass is 383 g/mol. The predicted octanol–water partition coefficient (Wildman–Crippen LogP) is -0.613. The zero-order valence-electron chi connectivity index (χ0n) is 15.0. The number of nitrogens with zero attached hydrogens (tertiary/aromatic N) is 3. The quantitative estimate of drug-likeness (QED) is 0.679. The second-order valence-electron chi connectivity index (χ2n) is 7.77. The second kappa shape index (κ2) is 6.29. The minimum atomic E-state index is -3.22. The van der Waals surface area contributed by atoms with E-state index in [9.17, 15) is 13.2 Å². The van der Waals surface area contributed by atoms with Crippen LogP contribution in [0.1, 0.15) is 12.8 Å². The molecule has 4 atom stereocenters. The smallest absolute Gasteiger partial charge is 0.238 e. The highest BCUT2D eigenvalue weighted by molar-refractivity contribution is 7.88. The number of hydrogen-bond acceptors (Lipinski definition) is 6. The minimum absolute atomic E-state index is 0.0743. The summed E-state index contributed by atoms with van der Waals surface area (Å²) in [6.07, 6.45) is 6.63. The molecule has 1 aromatic rings. The molecule has 2 bridgehead atoms. The molecule has 0 radical (unpaired) electrons. The fourth-order valence-electron chi connectivity index (χ4n) is 4.82. The molecule has 3 fully saturated rings. The van der Waals surface area contributed by atoms with Crippen molar-refractivity contribution >= 4 is 21.6 Å². The van der Waals surface area contributed by atoms with Crippen LogP contribution >= 0.6 is 0 Å².